The maximum absolute atomic E-state index is 12.7. The molecule has 0 spiro atoms. The van der Waals surface area contributed by atoms with Crippen molar-refractivity contribution in [1.29, 1.82) is 0 Å². The van der Waals surface area contributed by atoms with E-state index in [-0.39, 0.29) is 42.2 Å². The molecule has 2 aliphatic heterocycles. The highest BCUT2D eigenvalue weighted by molar-refractivity contribution is 7.91. The minimum atomic E-state index is -3.56. The third kappa shape index (κ3) is 4.10. The van der Waals surface area contributed by atoms with Crippen LogP contribution in [0.15, 0.2) is 0 Å². The molecule has 3 rings (SSSR count). The molecule has 2 aliphatic rings. The van der Waals surface area contributed by atoms with Crippen LogP contribution in [0.4, 0.5) is 5.82 Å². The molecule has 162 valence electrons. The summed E-state index contributed by atoms with van der Waals surface area (Å²) in [5, 5.41) is 9.51. The summed E-state index contributed by atoms with van der Waals surface area (Å²) in [6, 6.07) is -0.0864. The van der Waals surface area contributed by atoms with Crippen LogP contribution >= 0.6 is 0 Å². The molecule has 0 aliphatic carbocycles. The molecular weight excluding hydrogens is 398 g/mol. The second-order valence-electron chi connectivity index (χ2n) is 8.40. The van der Waals surface area contributed by atoms with Crippen molar-refractivity contribution in [2.45, 2.75) is 63.5 Å². The minimum Gasteiger partial charge on any atom is -0.486 e. The van der Waals surface area contributed by atoms with Gasteiger partial charge >= 0.3 is 0 Å². The van der Waals surface area contributed by atoms with E-state index in [1.54, 1.807) is 20.8 Å². The molecule has 9 nitrogen and oxygen atoms in total. The molecular formula is C19H29N3O6S. The van der Waals surface area contributed by atoms with E-state index in [1.807, 2.05) is 11.8 Å². The van der Waals surface area contributed by atoms with E-state index in [0.29, 0.717) is 31.4 Å². The number of anilines is 1. The van der Waals surface area contributed by atoms with Crippen molar-refractivity contribution in [1.82, 2.24) is 9.97 Å². The number of ether oxygens (including phenoxy) is 2. The highest BCUT2D eigenvalue weighted by atomic mass is 32.2. The van der Waals surface area contributed by atoms with Crippen LogP contribution in [0.25, 0.3) is 0 Å². The number of aromatic nitrogens is 2. The van der Waals surface area contributed by atoms with E-state index in [4.69, 9.17) is 9.47 Å². The van der Waals surface area contributed by atoms with E-state index in [1.165, 1.54) is 0 Å². The molecule has 10 heteroatoms. The Morgan fingerprint density at radius 2 is 2.00 bits per heavy atom. The molecule has 0 saturated carbocycles. The van der Waals surface area contributed by atoms with E-state index < -0.39 is 20.7 Å². The molecule has 0 unspecified atom stereocenters. The first-order chi connectivity index (χ1) is 13.4. The van der Waals surface area contributed by atoms with Crippen LogP contribution < -0.4 is 9.64 Å². The van der Waals surface area contributed by atoms with Crippen LogP contribution in [0.3, 0.4) is 0 Å². The van der Waals surface area contributed by atoms with Gasteiger partial charge in [0.2, 0.25) is 0 Å². The minimum absolute atomic E-state index is 0.0130. The molecule has 1 fully saturated rings. The smallest absolute Gasteiger partial charge is 0.200 e. The summed E-state index contributed by atoms with van der Waals surface area (Å²) in [7, 11) is -3.56. The summed E-state index contributed by atoms with van der Waals surface area (Å²) in [5.41, 5.74) is 0.183. The Labute approximate surface area is 171 Å². The number of rotatable bonds is 6. The lowest BCUT2D eigenvalue weighted by molar-refractivity contribution is 0.0481. The molecule has 3 heterocycles. The molecule has 0 bridgehead atoms. The van der Waals surface area contributed by atoms with Gasteiger partial charge in [-0.1, -0.05) is 0 Å². The third-order valence-electron chi connectivity index (χ3n) is 5.59. The van der Waals surface area contributed by atoms with E-state index in [9.17, 15) is 18.3 Å². The molecule has 1 aromatic rings. The number of aliphatic hydroxyl groups is 1. The van der Waals surface area contributed by atoms with E-state index >= 15 is 0 Å². The van der Waals surface area contributed by atoms with Gasteiger partial charge in [0.15, 0.2) is 33.0 Å². The van der Waals surface area contributed by atoms with E-state index in [0.717, 1.165) is 6.26 Å². The summed E-state index contributed by atoms with van der Waals surface area (Å²) in [5.74, 6) is 0.332. The van der Waals surface area contributed by atoms with Crippen molar-refractivity contribution in [3.8, 4) is 5.75 Å². The Kier molecular flexibility index (Phi) is 5.90. The van der Waals surface area contributed by atoms with Crippen LogP contribution in [0.1, 0.15) is 56.8 Å². The van der Waals surface area contributed by atoms with Gasteiger partial charge in [0.1, 0.15) is 17.0 Å². The van der Waals surface area contributed by atoms with Crippen LogP contribution in [0, 0.1) is 0 Å². The fourth-order valence-electron chi connectivity index (χ4n) is 3.49. The first kappa shape index (κ1) is 21.9. The number of morpholine rings is 1. The van der Waals surface area contributed by atoms with Gasteiger partial charge in [-0.2, -0.15) is 0 Å². The molecule has 29 heavy (non-hydrogen) atoms. The number of carbonyl (C=O) groups excluding carboxylic acids is 1. The Bertz CT molecular complexity index is 899. The van der Waals surface area contributed by atoms with Crippen molar-refractivity contribution in [2.24, 2.45) is 0 Å². The lowest BCUT2D eigenvalue weighted by Crippen LogP contribution is -2.56. The average Bonchev–Trinajstić information content (AvgIpc) is 2.63. The lowest BCUT2D eigenvalue weighted by atomic mass is 10.0. The van der Waals surface area contributed by atoms with Gasteiger partial charge in [0.05, 0.1) is 31.4 Å². The largest absolute Gasteiger partial charge is 0.486 e. The van der Waals surface area contributed by atoms with Crippen LogP contribution in [-0.4, -0.2) is 73.5 Å². The van der Waals surface area contributed by atoms with Crippen molar-refractivity contribution < 1.29 is 27.8 Å². The predicted molar refractivity (Wildman–Crippen MR) is 107 cm³/mol. The quantitative estimate of drug-likeness (QED) is 0.665. The SMILES string of the molecule is C[C@@H]1COC[C@H]2COc3c(nc(C(=O)CC[C@@H](C)O)nc3C(C)(C)S(C)(=O)=O)N21. The topological polar surface area (TPSA) is 119 Å². The van der Waals surface area contributed by atoms with Crippen molar-refractivity contribution >= 4 is 21.4 Å². The summed E-state index contributed by atoms with van der Waals surface area (Å²) >= 11 is 0. The Morgan fingerprint density at radius 1 is 1.31 bits per heavy atom. The number of nitrogens with zero attached hydrogens (tertiary/aromatic N) is 3. The highest BCUT2D eigenvalue weighted by Gasteiger charge is 2.44. The van der Waals surface area contributed by atoms with Crippen LogP contribution in [0.5, 0.6) is 5.75 Å². The van der Waals surface area contributed by atoms with Gasteiger partial charge < -0.3 is 19.5 Å². The molecule has 0 radical (unpaired) electrons. The summed E-state index contributed by atoms with van der Waals surface area (Å²) in [4.78, 5) is 23.6. The van der Waals surface area contributed by atoms with Gasteiger partial charge in [-0.3, -0.25) is 4.79 Å². The Balaban J connectivity index is 2.17. The van der Waals surface area contributed by atoms with Crippen LogP contribution in [0.2, 0.25) is 0 Å². The van der Waals surface area contributed by atoms with Gasteiger partial charge in [0.25, 0.3) is 0 Å². The predicted octanol–water partition coefficient (Wildman–Crippen LogP) is 1.09. The number of sulfone groups is 1. The second kappa shape index (κ2) is 7.81. The highest BCUT2D eigenvalue weighted by Crippen LogP contribution is 2.43. The third-order valence-corrected chi connectivity index (χ3v) is 7.63. The number of aliphatic hydroxyl groups excluding tert-OH is 1. The monoisotopic (exact) mass is 427 g/mol. The maximum Gasteiger partial charge on any atom is 0.200 e. The van der Waals surface area contributed by atoms with Gasteiger partial charge in [0, 0.05) is 12.7 Å². The van der Waals surface area contributed by atoms with Gasteiger partial charge in [-0.05, 0) is 34.1 Å². The summed E-state index contributed by atoms with van der Waals surface area (Å²) in [6.07, 6.45) is 0.852. The van der Waals surface area contributed by atoms with Crippen LogP contribution in [-0.2, 0) is 19.3 Å². The first-order valence-electron chi connectivity index (χ1n) is 9.75. The molecule has 0 aromatic carbocycles. The van der Waals surface area contributed by atoms with Gasteiger partial charge in [-0.15, -0.1) is 0 Å². The maximum atomic E-state index is 12.7. The molecule has 3 atom stereocenters. The fourth-order valence-corrected chi connectivity index (χ4v) is 3.98. The molecule has 1 aromatic heterocycles. The Hall–Kier alpha value is -1.78. The zero-order valence-corrected chi connectivity index (χ0v) is 18.3. The van der Waals surface area contributed by atoms with Crippen molar-refractivity contribution in [3.63, 3.8) is 0 Å². The molecule has 1 N–H and O–H groups in total. The fraction of sp³-hybridized carbons (Fsp3) is 0.737. The number of hydrogen-bond donors (Lipinski definition) is 1. The van der Waals surface area contributed by atoms with Crippen molar-refractivity contribution in [3.05, 3.63) is 11.5 Å². The summed E-state index contributed by atoms with van der Waals surface area (Å²) in [6.45, 7) is 7.97. The standard InChI is InChI=1S/C19H29N3O6S/c1-11-8-27-9-13-10-28-15-16(19(3,4)29(5,25)26)20-17(21-18(15)22(11)13)14(24)7-6-12(2)23/h11-13,23H,6-10H2,1-5H3/t11-,12-,13+/m1/s1. The number of Topliss-reactive ketones (excluding diaryl/α,β-unsaturated/α-hetero) is 1. The zero-order chi connectivity index (χ0) is 21.6. The van der Waals surface area contributed by atoms with Gasteiger partial charge in [-0.25, -0.2) is 18.4 Å². The molecule has 0 amide bonds. The van der Waals surface area contributed by atoms with Crippen molar-refractivity contribution in [2.75, 3.05) is 31.0 Å². The zero-order valence-electron chi connectivity index (χ0n) is 17.5. The number of fused-ring (bicyclic) bond motifs is 3. The Morgan fingerprint density at radius 3 is 2.62 bits per heavy atom. The second-order valence-corrected chi connectivity index (χ2v) is 11.0. The number of carbonyl (C=O) groups is 1. The summed E-state index contributed by atoms with van der Waals surface area (Å²) < 4.78 is 35.2. The van der Waals surface area contributed by atoms with E-state index in [2.05, 4.69) is 9.97 Å². The number of ketones is 1. The normalized spacial score (nSPS) is 23.0. The number of hydrogen-bond acceptors (Lipinski definition) is 9. The lowest BCUT2D eigenvalue weighted by Gasteiger charge is -2.45. The molecule has 1 saturated heterocycles. The average molecular weight is 428 g/mol. The first-order valence-corrected chi connectivity index (χ1v) is 11.6.